The second-order valence-corrected chi connectivity index (χ2v) is 7.77. The van der Waals surface area contributed by atoms with E-state index in [-0.39, 0.29) is 11.4 Å². The van der Waals surface area contributed by atoms with Crippen molar-refractivity contribution in [2.45, 2.75) is 31.2 Å². The monoisotopic (exact) mass is 334 g/mol. The van der Waals surface area contributed by atoms with Gasteiger partial charge < -0.3 is 10.5 Å². The number of ether oxygens (including phenoxy) is 1. The molecular formula is C17H22N2O3S. The first kappa shape index (κ1) is 17.5. The summed E-state index contributed by atoms with van der Waals surface area (Å²) < 4.78 is 32.9. The van der Waals surface area contributed by atoms with Gasteiger partial charge in [-0.15, -0.1) is 0 Å². The molecule has 0 amide bonds. The quantitative estimate of drug-likeness (QED) is 0.851. The van der Waals surface area contributed by atoms with Crippen molar-refractivity contribution < 1.29 is 13.2 Å². The van der Waals surface area contributed by atoms with Crippen molar-refractivity contribution in [3.63, 3.8) is 0 Å². The molecule has 6 heteroatoms. The van der Waals surface area contributed by atoms with Gasteiger partial charge in [0.25, 0.3) is 0 Å². The van der Waals surface area contributed by atoms with Gasteiger partial charge in [-0.05, 0) is 62.7 Å². The number of aryl methyl sites for hydroxylation is 1. The topological polar surface area (TPSA) is 81.4 Å². The maximum atomic E-state index is 12.3. The van der Waals surface area contributed by atoms with Crippen molar-refractivity contribution in [1.82, 2.24) is 4.72 Å². The lowest BCUT2D eigenvalue weighted by atomic mass is 10.1. The Kier molecular flexibility index (Phi) is 5.09. The number of rotatable bonds is 6. The van der Waals surface area contributed by atoms with E-state index in [4.69, 9.17) is 10.5 Å². The van der Waals surface area contributed by atoms with Crippen LogP contribution in [0.25, 0.3) is 0 Å². The second-order valence-electron chi connectivity index (χ2n) is 6.08. The van der Waals surface area contributed by atoms with E-state index in [9.17, 15) is 8.42 Å². The lowest BCUT2D eigenvalue weighted by molar-refractivity contribution is 0.462. The van der Waals surface area contributed by atoms with Gasteiger partial charge in [-0.2, -0.15) is 0 Å². The van der Waals surface area contributed by atoms with E-state index in [2.05, 4.69) is 4.72 Å². The minimum Gasteiger partial charge on any atom is -0.457 e. The zero-order chi connectivity index (χ0) is 17.1. The molecule has 0 saturated carbocycles. The summed E-state index contributed by atoms with van der Waals surface area (Å²) >= 11 is 0. The highest BCUT2D eigenvalue weighted by Crippen LogP contribution is 2.24. The van der Waals surface area contributed by atoms with Crippen LogP contribution in [0.4, 0.5) is 0 Å². The predicted octanol–water partition coefficient (Wildman–Crippen LogP) is 2.80. The first-order valence-corrected chi connectivity index (χ1v) is 8.79. The Morgan fingerprint density at radius 2 is 1.74 bits per heavy atom. The van der Waals surface area contributed by atoms with Gasteiger partial charge in [0, 0.05) is 12.1 Å². The van der Waals surface area contributed by atoms with E-state index in [1.54, 1.807) is 26.0 Å². The van der Waals surface area contributed by atoms with Gasteiger partial charge in [-0.1, -0.05) is 12.1 Å². The van der Waals surface area contributed by atoms with Crippen LogP contribution in [-0.2, 0) is 10.0 Å². The van der Waals surface area contributed by atoms with Gasteiger partial charge in [0.05, 0.1) is 4.90 Å². The second kappa shape index (κ2) is 6.70. The summed E-state index contributed by atoms with van der Waals surface area (Å²) in [5.41, 5.74) is 5.96. The molecule has 23 heavy (non-hydrogen) atoms. The van der Waals surface area contributed by atoms with Crippen molar-refractivity contribution >= 4 is 10.0 Å². The number of hydrogen-bond donors (Lipinski definition) is 2. The highest BCUT2D eigenvalue weighted by atomic mass is 32.2. The minimum atomic E-state index is -3.61. The molecule has 2 rings (SSSR count). The molecule has 0 atom stereocenters. The van der Waals surface area contributed by atoms with Crippen LogP contribution in [0.1, 0.15) is 19.4 Å². The molecule has 0 unspecified atom stereocenters. The summed E-state index contributed by atoms with van der Waals surface area (Å²) in [4.78, 5) is 0.176. The third kappa shape index (κ3) is 4.79. The van der Waals surface area contributed by atoms with Crippen LogP contribution in [-0.4, -0.2) is 20.5 Å². The van der Waals surface area contributed by atoms with E-state index in [1.807, 2.05) is 31.2 Å². The van der Waals surface area contributed by atoms with Gasteiger partial charge in [0.15, 0.2) is 0 Å². The molecule has 0 aliphatic carbocycles. The van der Waals surface area contributed by atoms with E-state index < -0.39 is 15.6 Å². The van der Waals surface area contributed by atoms with Crippen molar-refractivity contribution in [2.75, 3.05) is 6.54 Å². The molecule has 0 saturated heterocycles. The molecule has 3 N–H and O–H groups in total. The third-order valence-electron chi connectivity index (χ3n) is 3.28. The highest BCUT2D eigenvalue weighted by molar-refractivity contribution is 7.89. The molecule has 2 aromatic rings. The molecule has 0 aliphatic heterocycles. The maximum absolute atomic E-state index is 12.3. The van der Waals surface area contributed by atoms with Crippen molar-refractivity contribution in [3.05, 3.63) is 54.1 Å². The van der Waals surface area contributed by atoms with Gasteiger partial charge in [0.1, 0.15) is 11.5 Å². The highest BCUT2D eigenvalue weighted by Gasteiger charge is 2.24. The largest absolute Gasteiger partial charge is 0.457 e. The Hall–Kier alpha value is -1.89. The van der Waals surface area contributed by atoms with Crippen LogP contribution in [0.2, 0.25) is 0 Å². The molecule has 2 aromatic carbocycles. The first-order chi connectivity index (χ1) is 10.7. The normalized spacial score (nSPS) is 12.2. The number of nitrogens with one attached hydrogen (secondary N) is 1. The lowest BCUT2D eigenvalue weighted by Crippen LogP contribution is -2.48. The zero-order valence-electron chi connectivity index (χ0n) is 13.5. The molecule has 0 radical (unpaired) electrons. The summed E-state index contributed by atoms with van der Waals surface area (Å²) in [5, 5.41) is 0. The fourth-order valence-corrected chi connectivity index (χ4v) is 3.39. The number of sulfonamides is 1. The van der Waals surface area contributed by atoms with E-state index >= 15 is 0 Å². The fourth-order valence-electron chi connectivity index (χ4n) is 1.97. The van der Waals surface area contributed by atoms with Gasteiger partial charge in [0.2, 0.25) is 10.0 Å². The molecule has 5 nitrogen and oxygen atoms in total. The van der Waals surface area contributed by atoms with Crippen LogP contribution in [0.15, 0.2) is 53.4 Å². The van der Waals surface area contributed by atoms with Gasteiger partial charge >= 0.3 is 0 Å². The van der Waals surface area contributed by atoms with Crippen LogP contribution in [0, 0.1) is 6.92 Å². The number of benzene rings is 2. The molecule has 0 bridgehead atoms. The predicted molar refractivity (Wildman–Crippen MR) is 91.1 cm³/mol. The Morgan fingerprint density at radius 3 is 2.30 bits per heavy atom. The summed E-state index contributed by atoms with van der Waals surface area (Å²) in [6.45, 7) is 5.66. The molecule has 0 heterocycles. The SMILES string of the molecule is Cc1cccc(Oc2ccc(S(=O)(=O)NC(C)(C)CN)cc2)c1. The van der Waals surface area contributed by atoms with Crippen molar-refractivity contribution in [1.29, 1.82) is 0 Å². The molecule has 0 aliphatic rings. The van der Waals surface area contributed by atoms with Crippen LogP contribution in [0.3, 0.4) is 0 Å². The molecular weight excluding hydrogens is 312 g/mol. The minimum absolute atomic E-state index is 0.176. The first-order valence-electron chi connectivity index (χ1n) is 7.30. The number of nitrogens with two attached hydrogens (primary N) is 1. The molecule has 124 valence electrons. The molecule has 0 spiro atoms. The lowest BCUT2D eigenvalue weighted by Gasteiger charge is -2.23. The summed E-state index contributed by atoms with van der Waals surface area (Å²) in [5.74, 6) is 1.29. The summed E-state index contributed by atoms with van der Waals surface area (Å²) in [6, 6.07) is 13.9. The average Bonchev–Trinajstić information content (AvgIpc) is 2.47. The van der Waals surface area contributed by atoms with Gasteiger partial charge in [-0.25, -0.2) is 13.1 Å². The van der Waals surface area contributed by atoms with E-state index in [0.717, 1.165) is 5.56 Å². The van der Waals surface area contributed by atoms with Crippen LogP contribution in [0.5, 0.6) is 11.5 Å². The van der Waals surface area contributed by atoms with Crippen molar-refractivity contribution in [3.8, 4) is 11.5 Å². The van der Waals surface area contributed by atoms with Crippen molar-refractivity contribution in [2.24, 2.45) is 5.73 Å². The van der Waals surface area contributed by atoms with Crippen LogP contribution < -0.4 is 15.2 Å². The Morgan fingerprint density at radius 1 is 1.09 bits per heavy atom. The maximum Gasteiger partial charge on any atom is 0.241 e. The Balaban J connectivity index is 2.16. The smallest absolute Gasteiger partial charge is 0.241 e. The summed E-state index contributed by atoms with van der Waals surface area (Å²) in [7, 11) is -3.61. The standard InChI is InChI=1S/C17H22N2O3S/c1-13-5-4-6-15(11-13)22-14-7-9-16(10-8-14)23(20,21)19-17(2,3)12-18/h4-11,19H,12,18H2,1-3H3. The zero-order valence-corrected chi connectivity index (χ0v) is 14.4. The average molecular weight is 334 g/mol. The molecule has 0 fully saturated rings. The number of hydrogen-bond acceptors (Lipinski definition) is 4. The van der Waals surface area contributed by atoms with E-state index in [0.29, 0.717) is 11.5 Å². The summed E-state index contributed by atoms with van der Waals surface area (Å²) in [6.07, 6.45) is 0. The molecule has 0 aromatic heterocycles. The third-order valence-corrected chi connectivity index (χ3v) is 4.99. The Labute approximate surface area is 137 Å². The Bertz CT molecular complexity index is 769. The van der Waals surface area contributed by atoms with Gasteiger partial charge in [-0.3, -0.25) is 0 Å². The van der Waals surface area contributed by atoms with Crippen LogP contribution >= 0.6 is 0 Å². The van der Waals surface area contributed by atoms with E-state index in [1.165, 1.54) is 12.1 Å². The fraction of sp³-hybridized carbons (Fsp3) is 0.294.